The summed E-state index contributed by atoms with van der Waals surface area (Å²) in [6.07, 6.45) is 6.78. The molecule has 184 valence electrons. The number of nitrogens with one attached hydrogen (secondary N) is 1. The first-order valence-electron chi connectivity index (χ1n) is 11.5. The number of rotatable bonds is 6. The average molecular weight is 489 g/mol. The van der Waals surface area contributed by atoms with Gasteiger partial charge in [0.25, 0.3) is 0 Å². The molecule has 1 saturated heterocycles. The summed E-state index contributed by atoms with van der Waals surface area (Å²) in [5.74, 6) is -2.40. The number of aliphatic hydroxyl groups excluding tert-OH is 1. The molecule has 1 fully saturated rings. The highest BCUT2D eigenvalue weighted by atomic mass is 35.5. The number of ether oxygens (including phenoxy) is 1. The Hall–Kier alpha value is -2.38. The van der Waals surface area contributed by atoms with E-state index in [-0.39, 0.29) is 24.0 Å². The number of aliphatic hydroxyl groups is 1. The largest absolute Gasteiger partial charge is 0.507 e. The molecule has 2 aliphatic carbocycles. The van der Waals surface area contributed by atoms with Crippen molar-refractivity contribution in [2.75, 3.05) is 0 Å². The molecule has 0 aromatic heterocycles. The summed E-state index contributed by atoms with van der Waals surface area (Å²) in [7, 11) is 0. The van der Waals surface area contributed by atoms with Crippen LogP contribution in [-0.4, -0.2) is 45.1 Å². The van der Waals surface area contributed by atoms with Gasteiger partial charge >= 0.3 is 0 Å². The normalized spacial score (nSPS) is 33.2. The molecule has 8 heteroatoms. The number of alkyl halides is 1. The van der Waals surface area contributed by atoms with E-state index in [0.29, 0.717) is 0 Å². The van der Waals surface area contributed by atoms with E-state index in [2.05, 4.69) is 11.2 Å². The van der Waals surface area contributed by atoms with E-state index in [0.717, 1.165) is 24.5 Å². The van der Waals surface area contributed by atoms with Gasteiger partial charge in [0.15, 0.2) is 23.4 Å². The summed E-state index contributed by atoms with van der Waals surface area (Å²) in [6, 6.07) is -1.48. The lowest BCUT2D eigenvalue weighted by Gasteiger charge is -2.58. The first-order valence-corrected chi connectivity index (χ1v) is 11.9. The maximum absolute atomic E-state index is 14.2. The third-order valence-corrected chi connectivity index (χ3v) is 8.00. The zero-order valence-electron chi connectivity index (χ0n) is 20.6. The summed E-state index contributed by atoms with van der Waals surface area (Å²) in [5, 5.41) is 13.3. The van der Waals surface area contributed by atoms with Crippen LogP contribution in [0.1, 0.15) is 67.2 Å². The lowest BCUT2D eigenvalue weighted by molar-refractivity contribution is -0.223. The predicted octanol–water partition coefficient (Wildman–Crippen LogP) is 5.49. The van der Waals surface area contributed by atoms with E-state index >= 15 is 0 Å². The van der Waals surface area contributed by atoms with E-state index < -0.39 is 51.1 Å². The molecule has 7 nitrogen and oxygen atoms in total. The van der Waals surface area contributed by atoms with Crippen LogP contribution in [0, 0.1) is 10.9 Å². The van der Waals surface area contributed by atoms with Crippen molar-refractivity contribution < 1.29 is 24.2 Å². The number of halogens is 1. The Bertz CT molecular complexity index is 1080. The van der Waals surface area contributed by atoms with Crippen molar-refractivity contribution in [3.63, 3.8) is 0 Å². The van der Waals surface area contributed by atoms with Crippen LogP contribution < -0.4 is 0 Å². The monoisotopic (exact) mass is 488 g/mol. The minimum absolute atomic E-state index is 0.0991. The van der Waals surface area contributed by atoms with Gasteiger partial charge in [0.2, 0.25) is 0 Å². The Morgan fingerprint density at radius 2 is 1.85 bits per heavy atom. The summed E-state index contributed by atoms with van der Waals surface area (Å²) in [4.78, 5) is 40.6. The average Bonchev–Trinajstić information content (AvgIpc) is 2.73. The predicted molar refractivity (Wildman–Crippen MR) is 129 cm³/mol. The van der Waals surface area contributed by atoms with Gasteiger partial charge < -0.3 is 9.84 Å². The Balaban J connectivity index is 2.19. The van der Waals surface area contributed by atoms with Gasteiger partial charge in [0, 0.05) is 18.1 Å². The van der Waals surface area contributed by atoms with Crippen molar-refractivity contribution in [2.45, 2.75) is 89.8 Å². The fourth-order valence-electron chi connectivity index (χ4n) is 5.14. The molecular formula is C26H33ClN2O5. The number of Topliss-reactive ketones (excluding diaryl/α,β-unsaturated/α-hetero) is 2. The summed E-state index contributed by atoms with van der Waals surface area (Å²) in [6.45, 7) is 11.2. The van der Waals surface area contributed by atoms with Gasteiger partial charge in [-0.25, -0.2) is 5.53 Å². The van der Waals surface area contributed by atoms with Gasteiger partial charge in [-0.15, -0.1) is 11.6 Å². The molecule has 3 aliphatic rings. The maximum Gasteiger partial charge on any atom is 0.195 e. The van der Waals surface area contributed by atoms with Crippen LogP contribution >= 0.6 is 11.6 Å². The van der Waals surface area contributed by atoms with Crippen molar-refractivity contribution in [1.82, 2.24) is 0 Å². The first kappa shape index (κ1) is 26.2. The molecular weight excluding hydrogens is 456 g/mol. The number of carbonyl (C=O) groups excluding carboxylic acids is 3. The molecule has 34 heavy (non-hydrogen) atoms. The second-order valence-corrected chi connectivity index (χ2v) is 11.0. The summed E-state index contributed by atoms with van der Waals surface area (Å²) in [5.41, 5.74) is 5.30. The molecule has 1 unspecified atom stereocenters. The Morgan fingerprint density at radius 3 is 2.44 bits per heavy atom. The van der Waals surface area contributed by atoms with Crippen molar-refractivity contribution in [3.05, 3.63) is 46.3 Å². The van der Waals surface area contributed by atoms with Crippen molar-refractivity contribution in [3.8, 4) is 0 Å². The van der Waals surface area contributed by atoms with Crippen LogP contribution in [0.25, 0.3) is 0 Å². The number of fused-ring (bicyclic) bond motifs is 1. The number of hydrogen-bond acceptors (Lipinski definition) is 7. The molecule has 4 atom stereocenters. The maximum atomic E-state index is 14.2. The van der Waals surface area contributed by atoms with Gasteiger partial charge in [0.1, 0.15) is 11.4 Å². The SMILES string of the molecule is CC(C)=CCC/C(C)=C/C[C@@]12OC(C)(C)[C@H](Cl)C[C@]1(C)C(=O)C1=C(C2=O)C(N=N)C(=O)C=C1O. The molecule has 3 rings (SSSR count). The van der Waals surface area contributed by atoms with Gasteiger partial charge in [-0.05, 0) is 60.8 Å². The van der Waals surface area contributed by atoms with Gasteiger partial charge in [-0.1, -0.05) is 23.3 Å². The Kier molecular flexibility index (Phi) is 6.95. The highest BCUT2D eigenvalue weighted by Gasteiger charge is 2.69. The van der Waals surface area contributed by atoms with Crippen LogP contribution in [-0.2, 0) is 19.1 Å². The van der Waals surface area contributed by atoms with E-state index in [4.69, 9.17) is 21.9 Å². The second-order valence-electron chi connectivity index (χ2n) is 10.5. The topological polar surface area (TPSA) is 117 Å². The minimum atomic E-state index is -1.64. The Labute approximate surface area is 205 Å². The third-order valence-electron chi connectivity index (χ3n) is 7.32. The van der Waals surface area contributed by atoms with Crippen molar-refractivity contribution >= 4 is 29.0 Å². The van der Waals surface area contributed by atoms with Crippen LogP contribution in [0.5, 0.6) is 0 Å². The zero-order chi connectivity index (χ0) is 25.6. The van der Waals surface area contributed by atoms with E-state index in [1.165, 1.54) is 5.57 Å². The van der Waals surface area contributed by atoms with Crippen LogP contribution in [0.2, 0.25) is 0 Å². The first-order chi connectivity index (χ1) is 15.7. The van der Waals surface area contributed by atoms with E-state index in [1.807, 2.05) is 26.8 Å². The highest BCUT2D eigenvalue weighted by molar-refractivity contribution is 6.27. The minimum Gasteiger partial charge on any atom is -0.507 e. The molecule has 0 spiro atoms. The molecule has 0 saturated carbocycles. The van der Waals surface area contributed by atoms with Crippen molar-refractivity contribution in [2.24, 2.45) is 10.5 Å². The Morgan fingerprint density at radius 1 is 1.21 bits per heavy atom. The van der Waals surface area contributed by atoms with Crippen molar-refractivity contribution in [1.29, 1.82) is 5.53 Å². The fourth-order valence-corrected chi connectivity index (χ4v) is 5.49. The molecule has 0 aromatic carbocycles. The molecule has 0 amide bonds. The quantitative estimate of drug-likeness (QED) is 0.291. The van der Waals surface area contributed by atoms with Crippen LogP contribution in [0.4, 0.5) is 0 Å². The van der Waals surface area contributed by atoms with E-state index in [1.54, 1.807) is 20.8 Å². The number of allylic oxidation sites excluding steroid dienone is 4. The zero-order valence-corrected chi connectivity index (χ0v) is 21.4. The number of nitrogens with zero attached hydrogens (tertiary/aromatic N) is 1. The summed E-state index contributed by atoms with van der Waals surface area (Å²) >= 11 is 6.64. The van der Waals surface area contributed by atoms with Crippen LogP contribution in [0.3, 0.4) is 0 Å². The highest BCUT2D eigenvalue weighted by Crippen LogP contribution is 2.58. The number of carbonyl (C=O) groups is 3. The van der Waals surface area contributed by atoms with Gasteiger partial charge in [-0.3, -0.25) is 14.4 Å². The van der Waals surface area contributed by atoms with Crippen LogP contribution in [0.15, 0.2) is 51.4 Å². The van der Waals surface area contributed by atoms with Gasteiger partial charge in [-0.2, -0.15) is 5.11 Å². The third kappa shape index (κ3) is 4.03. The number of hydrogen-bond donors (Lipinski definition) is 2. The van der Waals surface area contributed by atoms with E-state index in [9.17, 15) is 19.5 Å². The summed E-state index contributed by atoms with van der Waals surface area (Å²) < 4.78 is 6.46. The molecule has 0 radical (unpaired) electrons. The second kappa shape index (κ2) is 9.00. The molecule has 0 aromatic rings. The molecule has 0 bridgehead atoms. The smallest absolute Gasteiger partial charge is 0.195 e. The standard InChI is InChI=1S/C26H33ClN2O5/c1-14(2)8-7-9-15(3)10-11-26-23(33)20-19(16(30)12-17(31)21(20)29-28)22(32)25(26,6)13-18(27)24(4,5)34-26/h8,10,12,18,21,28,30H,7,9,11,13H2,1-6H3/b15-10+,29-28?/t18-,21?,25-,26+/m1/s1. The number of ketones is 3. The lowest BCUT2D eigenvalue weighted by Crippen LogP contribution is -2.70. The lowest BCUT2D eigenvalue weighted by atomic mass is 9.54. The fraction of sp³-hybridized carbons (Fsp3) is 0.577. The van der Waals surface area contributed by atoms with Gasteiger partial charge in [0.05, 0.1) is 22.0 Å². The molecule has 1 heterocycles. The molecule has 1 aliphatic heterocycles. The molecule has 2 N–H and O–H groups in total.